The van der Waals surface area contributed by atoms with Crippen LogP contribution in [0.5, 0.6) is 11.5 Å². The summed E-state index contributed by atoms with van der Waals surface area (Å²) in [4.78, 5) is 25.0. The zero-order valence-corrected chi connectivity index (χ0v) is 14.8. The number of rotatable bonds is 7. The van der Waals surface area contributed by atoms with Gasteiger partial charge in [0.15, 0.2) is 0 Å². The summed E-state index contributed by atoms with van der Waals surface area (Å²) in [6, 6.07) is 20.1. The molecule has 0 atom stereocenters. The monoisotopic (exact) mass is 366 g/mol. The van der Waals surface area contributed by atoms with Crippen LogP contribution >= 0.6 is 11.3 Å². The predicted octanol–water partition coefficient (Wildman–Crippen LogP) is 3.59. The van der Waals surface area contributed by atoms with Crippen molar-refractivity contribution < 1.29 is 14.3 Å². The van der Waals surface area contributed by atoms with E-state index in [0.717, 1.165) is 10.6 Å². The molecule has 0 saturated heterocycles. The van der Waals surface area contributed by atoms with Gasteiger partial charge in [-0.15, -0.1) is 11.3 Å². The largest absolute Gasteiger partial charge is 0.457 e. The van der Waals surface area contributed by atoms with Gasteiger partial charge in [-0.25, -0.2) is 0 Å². The van der Waals surface area contributed by atoms with Crippen molar-refractivity contribution in [3.05, 3.63) is 82.6 Å². The minimum absolute atomic E-state index is 0.0630. The summed E-state index contributed by atoms with van der Waals surface area (Å²) in [5.41, 5.74) is 0.469. The summed E-state index contributed by atoms with van der Waals surface area (Å²) in [5.74, 6) is 0.840. The van der Waals surface area contributed by atoms with Crippen molar-refractivity contribution in [2.24, 2.45) is 0 Å². The number of carbonyl (C=O) groups excluding carboxylic acids is 2. The zero-order valence-electron chi connectivity index (χ0n) is 14.0. The topological polar surface area (TPSA) is 67.4 Å². The van der Waals surface area contributed by atoms with E-state index in [1.807, 2.05) is 47.8 Å². The van der Waals surface area contributed by atoms with Gasteiger partial charge in [0, 0.05) is 10.4 Å². The maximum atomic E-state index is 12.1. The highest BCUT2D eigenvalue weighted by Gasteiger charge is 2.08. The van der Waals surface area contributed by atoms with Crippen LogP contribution in [-0.2, 0) is 11.3 Å². The molecule has 26 heavy (non-hydrogen) atoms. The van der Waals surface area contributed by atoms with Crippen LogP contribution in [-0.4, -0.2) is 18.4 Å². The van der Waals surface area contributed by atoms with Crippen molar-refractivity contribution in [1.82, 2.24) is 10.6 Å². The van der Waals surface area contributed by atoms with Crippen molar-refractivity contribution in [2.45, 2.75) is 6.54 Å². The second-order valence-electron chi connectivity index (χ2n) is 5.48. The molecule has 0 unspecified atom stereocenters. The first-order valence-corrected chi connectivity index (χ1v) is 8.99. The molecule has 0 radical (unpaired) electrons. The molecule has 6 heteroatoms. The average molecular weight is 366 g/mol. The fourth-order valence-electron chi connectivity index (χ4n) is 2.22. The van der Waals surface area contributed by atoms with E-state index < -0.39 is 0 Å². The standard InChI is InChI=1S/C20H18N2O3S/c23-19(21-13-18-7-4-12-26-18)14-22-20(24)15-8-10-17(11-9-15)25-16-5-2-1-3-6-16/h1-12H,13-14H2,(H,21,23)(H,22,24). The molecule has 2 amide bonds. The molecule has 0 spiro atoms. The van der Waals surface area contributed by atoms with E-state index >= 15 is 0 Å². The van der Waals surface area contributed by atoms with E-state index in [0.29, 0.717) is 17.9 Å². The molecule has 0 saturated carbocycles. The maximum Gasteiger partial charge on any atom is 0.251 e. The molecule has 3 aromatic rings. The van der Waals surface area contributed by atoms with E-state index in [4.69, 9.17) is 4.74 Å². The Bertz CT molecular complexity index is 847. The normalized spacial score (nSPS) is 10.2. The maximum absolute atomic E-state index is 12.1. The van der Waals surface area contributed by atoms with Crippen LogP contribution in [0.2, 0.25) is 0 Å². The molecule has 2 aromatic carbocycles. The Kier molecular flexibility index (Phi) is 6.01. The van der Waals surface area contributed by atoms with Crippen LogP contribution in [0.4, 0.5) is 0 Å². The Morgan fingerprint density at radius 1 is 0.846 bits per heavy atom. The molecule has 2 N–H and O–H groups in total. The molecular formula is C20H18N2O3S. The first-order valence-electron chi connectivity index (χ1n) is 8.11. The zero-order chi connectivity index (χ0) is 18.2. The molecule has 0 bridgehead atoms. The lowest BCUT2D eigenvalue weighted by Crippen LogP contribution is -2.36. The van der Waals surface area contributed by atoms with E-state index in [2.05, 4.69) is 10.6 Å². The summed E-state index contributed by atoms with van der Waals surface area (Å²) in [5, 5.41) is 7.33. The number of para-hydroxylation sites is 1. The molecule has 1 aromatic heterocycles. The van der Waals surface area contributed by atoms with Crippen molar-refractivity contribution >= 4 is 23.2 Å². The first kappa shape index (κ1) is 17.7. The number of carbonyl (C=O) groups is 2. The average Bonchev–Trinajstić information content (AvgIpc) is 3.19. The lowest BCUT2D eigenvalue weighted by Gasteiger charge is -2.08. The molecule has 0 aliphatic carbocycles. The summed E-state index contributed by atoms with van der Waals surface area (Å²) in [6.45, 7) is 0.407. The van der Waals surface area contributed by atoms with Gasteiger partial charge in [-0.1, -0.05) is 24.3 Å². The van der Waals surface area contributed by atoms with Crippen LogP contribution in [0.3, 0.4) is 0 Å². The highest BCUT2D eigenvalue weighted by molar-refractivity contribution is 7.09. The molecular weight excluding hydrogens is 348 g/mol. The van der Waals surface area contributed by atoms with Crippen LogP contribution in [0, 0.1) is 0 Å². The van der Waals surface area contributed by atoms with Gasteiger partial charge in [-0.2, -0.15) is 0 Å². The molecule has 5 nitrogen and oxygen atoms in total. The van der Waals surface area contributed by atoms with E-state index in [1.165, 1.54) is 0 Å². The third-order valence-electron chi connectivity index (χ3n) is 3.54. The summed E-state index contributed by atoms with van der Waals surface area (Å²) >= 11 is 1.57. The lowest BCUT2D eigenvalue weighted by atomic mass is 10.2. The molecule has 0 fully saturated rings. The minimum atomic E-state index is -0.303. The number of benzene rings is 2. The summed E-state index contributed by atoms with van der Waals surface area (Å²) < 4.78 is 5.68. The quantitative estimate of drug-likeness (QED) is 0.671. The van der Waals surface area contributed by atoms with Gasteiger partial charge in [0.1, 0.15) is 11.5 Å². The number of hydrogen-bond donors (Lipinski definition) is 2. The van der Waals surface area contributed by atoms with Crippen molar-refractivity contribution in [2.75, 3.05) is 6.54 Å². The number of amides is 2. The minimum Gasteiger partial charge on any atom is -0.457 e. The predicted molar refractivity (Wildman–Crippen MR) is 101 cm³/mol. The highest BCUT2D eigenvalue weighted by Crippen LogP contribution is 2.21. The number of ether oxygens (including phenoxy) is 1. The summed E-state index contributed by atoms with van der Waals surface area (Å²) in [7, 11) is 0. The second kappa shape index (κ2) is 8.82. The van der Waals surface area contributed by atoms with E-state index in [9.17, 15) is 9.59 Å². The third kappa shape index (κ3) is 5.19. The summed E-state index contributed by atoms with van der Waals surface area (Å²) in [6.07, 6.45) is 0. The van der Waals surface area contributed by atoms with Crippen molar-refractivity contribution in [1.29, 1.82) is 0 Å². The van der Waals surface area contributed by atoms with Gasteiger partial charge in [-0.05, 0) is 47.8 Å². The fraction of sp³-hybridized carbons (Fsp3) is 0.100. The van der Waals surface area contributed by atoms with Crippen LogP contribution in [0.1, 0.15) is 15.2 Å². The Balaban J connectivity index is 1.46. The first-order chi connectivity index (χ1) is 12.7. The Hall–Kier alpha value is -3.12. The van der Waals surface area contributed by atoms with E-state index in [-0.39, 0.29) is 18.4 Å². The molecule has 0 aliphatic heterocycles. The van der Waals surface area contributed by atoms with Gasteiger partial charge in [-0.3, -0.25) is 9.59 Å². The van der Waals surface area contributed by atoms with Gasteiger partial charge in [0.05, 0.1) is 13.1 Å². The smallest absolute Gasteiger partial charge is 0.251 e. The number of thiophene rings is 1. The highest BCUT2D eigenvalue weighted by atomic mass is 32.1. The number of nitrogens with one attached hydrogen (secondary N) is 2. The van der Waals surface area contributed by atoms with Gasteiger partial charge in [0.25, 0.3) is 5.91 Å². The van der Waals surface area contributed by atoms with Crippen LogP contribution in [0.25, 0.3) is 0 Å². The van der Waals surface area contributed by atoms with Gasteiger partial charge >= 0.3 is 0 Å². The Labute approximate surface area is 155 Å². The SMILES string of the molecule is O=C(CNC(=O)c1ccc(Oc2ccccc2)cc1)NCc1cccs1. The van der Waals surface area contributed by atoms with E-state index in [1.54, 1.807) is 35.6 Å². The van der Waals surface area contributed by atoms with Crippen molar-refractivity contribution in [3.8, 4) is 11.5 Å². The molecule has 132 valence electrons. The molecule has 1 heterocycles. The number of hydrogen-bond acceptors (Lipinski definition) is 4. The van der Waals surface area contributed by atoms with Crippen LogP contribution < -0.4 is 15.4 Å². The lowest BCUT2D eigenvalue weighted by molar-refractivity contribution is -0.120. The molecule has 3 rings (SSSR count). The second-order valence-corrected chi connectivity index (χ2v) is 6.51. The Morgan fingerprint density at radius 2 is 1.58 bits per heavy atom. The fourth-order valence-corrected chi connectivity index (χ4v) is 2.87. The Morgan fingerprint density at radius 3 is 2.27 bits per heavy atom. The third-order valence-corrected chi connectivity index (χ3v) is 4.42. The van der Waals surface area contributed by atoms with Gasteiger partial charge < -0.3 is 15.4 Å². The van der Waals surface area contributed by atoms with Gasteiger partial charge in [0.2, 0.25) is 5.91 Å². The van der Waals surface area contributed by atoms with Crippen LogP contribution in [0.15, 0.2) is 72.1 Å². The van der Waals surface area contributed by atoms with Crippen molar-refractivity contribution in [3.63, 3.8) is 0 Å². The molecule has 0 aliphatic rings.